The molecule has 1 aromatic carbocycles. The molecule has 0 amide bonds. The molecule has 3 heterocycles. The van der Waals surface area contributed by atoms with Gasteiger partial charge in [0.2, 0.25) is 0 Å². The van der Waals surface area contributed by atoms with Crippen molar-refractivity contribution in [3.05, 3.63) is 70.3 Å². The van der Waals surface area contributed by atoms with Crippen LogP contribution in [0.15, 0.2) is 48.8 Å². The van der Waals surface area contributed by atoms with Gasteiger partial charge in [-0.25, -0.2) is 9.97 Å². The molecule has 7 nitrogen and oxygen atoms in total. The first kappa shape index (κ1) is 16.3. The van der Waals surface area contributed by atoms with Crippen LogP contribution in [0.4, 0.5) is 11.5 Å². The molecular weight excluding hydrogens is 330 g/mol. The monoisotopic (exact) mass is 349 g/mol. The van der Waals surface area contributed by atoms with Gasteiger partial charge in [-0.3, -0.25) is 10.1 Å². The Kier molecular flexibility index (Phi) is 4.12. The highest BCUT2D eigenvalue weighted by molar-refractivity contribution is 5.59. The lowest BCUT2D eigenvalue weighted by atomic mass is 10.1. The van der Waals surface area contributed by atoms with Gasteiger partial charge in [0.15, 0.2) is 0 Å². The topological polar surface area (TPSA) is 87.9 Å². The van der Waals surface area contributed by atoms with Crippen LogP contribution >= 0.6 is 0 Å². The molecule has 1 N–H and O–H groups in total. The lowest BCUT2D eigenvalue weighted by molar-refractivity contribution is -0.385. The lowest BCUT2D eigenvalue weighted by Crippen LogP contribution is -2.24. The summed E-state index contributed by atoms with van der Waals surface area (Å²) in [5, 5.41) is 10.8. The van der Waals surface area contributed by atoms with Crippen LogP contribution in [0, 0.1) is 17.0 Å². The number of aromatic nitrogens is 3. The number of anilines is 1. The van der Waals surface area contributed by atoms with Gasteiger partial charge in [0.05, 0.1) is 22.9 Å². The maximum Gasteiger partial charge on any atom is 0.287 e. The Morgan fingerprint density at radius 2 is 2.12 bits per heavy atom. The van der Waals surface area contributed by atoms with Crippen molar-refractivity contribution >= 4 is 11.5 Å². The Hall–Kier alpha value is -3.22. The molecule has 0 saturated carbocycles. The van der Waals surface area contributed by atoms with Crippen LogP contribution in [-0.4, -0.2) is 26.4 Å². The van der Waals surface area contributed by atoms with E-state index >= 15 is 0 Å². The number of aromatic amines is 1. The molecule has 2 aromatic heterocycles. The predicted octanol–water partition coefficient (Wildman–Crippen LogP) is 4.03. The van der Waals surface area contributed by atoms with Crippen LogP contribution in [0.5, 0.6) is 0 Å². The first-order valence-corrected chi connectivity index (χ1v) is 8.61. The number of imidazole rings is 1. The molecule has 1 atom stereocenters. The molecule has 0 radical (unpaired) electrons. The van der Waals surface area contributed by atoms with E-state index in [4.69, 9.17) is 0 Å². The average molecular weight is 349 g/mol. The van der Waals surface area contributed by atoms with Gasteiger partial charge < -0.3 is 9.88 Å². The Labute approximate surface area is 150 Å². The molecule has 1 aliphatic heterocycles. The summed E-state index contributed by atoms with van der Waals surface area (Å²) in [5.74, 6) is 1.64. The van der Waals surface area contributed by atoms with Crippen molar-refractivity contribution in [2.24, 2.45) is 0 Å². The number of hydrogen-bond acceptors (Lipinski definition) is 5. The molecule has 1 saturated heterocycles. The predicted molar refractivity (Wildman–Crippen MR) is 99.0 cm³/mol. The number of nitrogens with zero attached hydrogens (tertiary/aromatic N) is 4. The van der Waals surface area contributed by atoms with Crippen molar-refractivity contribution in [1.82, 2.24) is 15.0 Å². The van der Waals surface area contributed by atoms with Crippen LogP contribution in [0.3, 0.4) is 0 Å². The third-order valence-corrected chi connectivity index (χ3v) is 4.73. The number of H-pyrrole nitrogens is 1. The highest BCUT2D eigenvalue weighted by atomic mass is 16.6. The fourth-order valence-electron chi connectivity index (χ4n) is 3.45. The molecule has 132 valence electrons. The van der Waals surface area contributed by atoms with E-state index in [1.54, 1.807) is 6.07 Å². The summed E-state index contributed by atoms with van der Waals surface area (Å²) in [4.78, 5) is 24.8. The molecule has 7 heteroatoms. The highest BCUT2D eigenvalue weighted by Gasteiger charge is 2.29. The molecule has 0 unspecified atom stereocenters. The van der Waals surface area contributed by atoms with E-state index in [1.165, 1.54) is 17.8 Å². The third kappa shape index (κ3) is 3.03. The number of nitro groups is 1. The average Bonchev–Trinajstić information content (AvgIpc) is 3.31. The van der Waals surface area contributed by atoms with Gasteiger partial charge >= 0.3 is 0 Å². The van der Waals surface area contributed by atoms with Crippen molar-refractivity contribution in [1.29, 1.82) is 0 Å². The number of rotatable bonds is 4. The number of benzene rings is 1. The van der Waals surface area contributed by atoms with Crippen LogP contribution in [0.1, 0.15) is 30.3 Å². The summed E-state index contributed by atoms with van der Waals surface area (Å²) in [6.45, 7) is 2.93. The van der Waals surface area contributed by atoms with Crippen molar-refractivity contribution in [2.75, 3.05) is 11.4 Å². The summed E-state index contributed by atoms with van der Waals surface area (Å²) < 4.78 is 0. The Morgan fingerprint density at radius 3 is 2.85 bits per heavy atom. The standard InChI is InChI=1S/C19H19N5O2/c1-13-4-2-5-14(10-13)16-12-21-19(22-16)17-6-3-9-23(17)18-8-7-15(11-20-18)24(25)26/h2,4-5,7-8,10-12,17H,3,6,9H2,1H3,(H,21,22)/t17-/m1/s1. The van der Waals surface area contributed by atoms with Crippen molar-refractivity contribution < 1.29 is 4.92 Å². The second kappa shape index (κ2) is 6.59. The van der Waals surface area contributed by atoms with Gasteiger partial charge in [-0.15, -0.1) is 0 Å². The number of nitrogens with one attached hydrogen (secondary N) is 1. The lowest BCUT2D eigenvalue weighted by Gasteiger charge is -2.24. The zero-order chi connectivity index (χ0) is 18.1. The summed E-state index contributed by atoms with van der Waals surface area (Å²) in [5.41, 5.74) is 3.31. The van der Waals surface area contributed by atoms with Crippen LogP contribution < -0.4 is 4.90 Å². The maximum atomic E-state index is 10.8. The van der Waals surface area contributed by atoms with Crippen molar-refractivity contribution in [3.63, 3.8) is 0 Å². The van der Waals surface area contributed by atoms with Crippen LogP contribution in [0.25, 0.3) is 11.3 Å². The minimum absolute atomic E-state index is 0.00392. The highest BCUT2D eigenvalue weighted by Crippen LogP contribution is 2.35. The number of aryl methyl sites for hydroxylation is 1. The molecule has 3 aromatic rings. The largest absolute Gasteiger partial charge is 0.346 e. The SMILES string of the molecule is Cc1cccc(-c2cnc([C@H]3CCCN3c3ccc([N+](=O)[O-])cn3)[nH]2)c1. The molecular formula is C19H19N5O2. The summed E-state index contributed by atoms with van der Waals surface area (Å²) in [6, 6.07) is 11.6. The Bertz CT molecular complexity index is 935. The van der Waals surface area contributed by atoms with E-state index < -0.39 is 4.92 Å². The zero-order valence-corrected chi connectivity index (χ0v) is 14.4. The fraction of sp³-hybridized carbons (Fsp3) is 0.263. The summed E-state index contributed by atoms with van der Waals surface area (Å²) >= 11 is 0. The molecule has 0 spiro atoms. The quantitative estimate of drug-likeness (QED) is 0.567. The number of hydrogen-bond donors (Lipinski definition) is 1. The first-order chi connectivity index (χ1) is 12.6. The second-order valence-corrected chi connectivity index (χ2v) is 6.53. The van der Waals surface area contributed by atoms with Crippen molar-refractivity contribution in [2.45, 2.75) is 25.8 Å². The van der Waals surface area contributed by atoms with E-state index in [0.717, 1.165) is 42.3 Å². The fourth-order valence-corrected chi connectivity index (χ4v) is 3.45. The minimum atomic E-state index is -0.432. The normalized spacial score (nSPS) is 16.8. The van der Waals surface area contributed by atoms with E-state index in [1.807, 2.05) is 12.3 Å². The van der Waals surface area contributed by atoms with Gasteiger partial charge in [-0.2, -0.15) is 0 Å². The first-order valence-electron chi connectivity index (χ1n) is 8.61. The van der Waals surface area contributed by atoms with E-state index in [-0.39, 0.29) is 11.7 Å². The molecule has 4 rings (SSSR count). The Balaban J connectivity index is 1.60. The van der Waals surface area contributed by atoms with E-state index in [0.29, 0.717) is 0 Å². The molecule has 0 aliphatic carbocycles. The molecule has 1 aliphatic rings. The minimum Gasteiger partial charge on any atom is -0.346 e. The zero-order valence-electron chi connectivity index (χ0n) is 14.4. The number of pyridine rings is 1. The van der Waals surface area contributed by atoms with Gasteiger partial charge in [-0.1, -0.05) is 23.8 Å². The Morgan fingerprint density at radius 1 is 1.23 bits per heavy atom. The van der Waals surface area contributed by atoms with Gasteiger partial charge in [0.25, 0.3) is 5.69 Å². The molecule has 1 fully saturated rings. The smallest absolute Gasteiger partial charge is 0.287 e. The molecule has 26 heavy (non-hydrogen) atoms. The van der Waals surface area contributed by atoms with Gasteiger partial charge in [0.1, 0.15) is 17.8 Å². The van der Waals surface area contributed by atoms with Crippen LogP contribution in [-0.2, 0) is 0 Å². The molecule has 0 bridgehead atoms. The maximum absolute atomic E-state index is 10.8. The van der Waals surface area contributed by atoms with Gasteiger partial charge in [-0.05, 0) is 37.5 Å². The summed E-state index contributed by atoms with van der Waals surface area (Å²) in [6.07, 6.45) is 5.18. The second-order valence-electron chi connectivity index (χ2n) is 6.53. The van der Waals surface area contributed by atoms with Crippen molar-refractivity contribution in [3.8, 4) is 11.3 Å². The van der Waals surface area contributed by atoms with E-state index in [2.05, 4.69) is 45.0 Å². The third-order valence-electron chi connectivity index (χ3n) is 4.73. The van der Waals surface area contributed by atoms with E-state index in [9.17, 15) is 10.1 Å². The van der Waals surface area contributed by atoms with Gasteiger partial charge in [0, 0.05) is 12.6 Å². The summed E-state index contributed by atoms with van der Waals surface area (Å²) in [7, 11) is 0. The van der Waals surface area contributed by atoms with Crippen LogP contribution in [0.2, 0.25) is 0 Å².